The Hall–Kier alpha value is -2.03. The minimum Gasteiger partial charge on any atom is -0.497 e. The fraction of sp³-hybridized carbons (Fsp3) is 0.231. The highest BCUT2D eigenvalue weighted by molar-refractivity contribution is 6.31. The lowest BCUT2D eigenvalue weighted by Gasteiger charge is -2.04. The van der Waals surface area contributed by atoms with Crippen LogP contribution < -0.4 is 4.74 Å². The summed E-state index contributed by atoms with van der Waals surface area (Å²) in [6.07, 6.45) is 0. The zero-order valence-corrected chi connectivity index (χ0v) is 11.3. The fourth-order valence-electron chi connectivity index (χ4n) is 1.68. The van der Waals surface area contributed by atoms with Crippen LogP contribution in [-0.4, -0.2) is 24.0 Å². The van der Waals surface area contributed by atoms with Gasteiger partial charge in [0.05, 0.1) is 19.4 Å². The molecule has 0 radical (unpaired) electrons. The Bertz CT molecular complexity index is 614. The number of nitriles is 1. The van der Waals surface area contributed by atoms with Crippen molar-refractivity contribution in [3.05, 3.63) is 40.7 Å². The molecule has 0 fully saturated rings. The molecule has 0 spiro atoms. The molecule has 2 aromatic rings. The average Bonchev–Trinajstić information content (AvgIpc) is 2.75. The molecule has 5 nitrogen and oxygen atoms in total. The second-order valence-corrected chi connectivity index (χ2v) is 4.13. The first-order chi connectivity index (χ1) is 9.21. The van der Waals surface area contributed by atoms with Crippen molar-refractivity contribution in [3.8, 4) is 17.5 Å². The second kappa shape index (κ2) is 5.74. The normalized spacial score (nSPS) is 10.2. The highest BCUT2D eigenvalue weighted by atomic mass is 35.5. The summed E-state index contributed by atoms with van der Waals surface area (Å²) in [5, 5.41) is 13.7. The minimum absolute atomic E-state index is 0.242. The Morgan fingerprint density at radius 1 is 1.32 bits per heavy atom. The standard InChI is InChI=1S/C13H12ClN3O2/c1-18-8-12-11(7-15)13(14)17(16-12)9-3-5-10(19-2)6-4-9/h3-6H,8H2,1-2H3. The van der Waals surface area contributed by atoms with Crippen molar-refractivity contribution < 1.29 is 9.47 Å². The molecule has 0 saturated carbocycles. The number of nitrogens with zero attached hydrogens (tertiary/aromatic N) is 3. The van der Waals surface area contributed by atoms with Crippen molar-refractivity contribution in [2.45, 2.75) is 6.61 Å². The lowest BCUT2D eigenvalue weighted by atomic mass is 10.3. The van der Waals surface area contributed by atoms with Gasteiger partial charge in [-0.1, -0.05) is 11.6 Å². The molecule has 19 heavy (non-hydrogen) atoms. The number of methoxy groups -OCH3 is 2. The van der Waals surface area contributed by atoms with Gasteiger partial charge in [-0.25, -0.2) is 4.68 Å². The SMILES string of the molecule is COCc1nn(-c2ccc(OC)cc2)c(Cl)c1C#N. The van der Waals surface area contributed by atoms with E-state index in [2.05, 4.69) is 5.10 Å². The molecular formula is C13H12ClN3O2. The van der Waals surface area contributed by atoms with Crippen LogP contribution in [0.1, 0.15) is 11.3 Å². The number of aromatic nitrogens is 2. The first-order valence-corrected chi connectivity index (χ1v) is 5.90. The van der Waals surface area contributed by atoms with E-state index in [0.29, 0.717) is 11.3 Å². The molecule has 0 unspecified atom stereocenters. The Morgan fingerprint density at radius 3 is 2.53 bits per heavy atom. The van der Waals surface area contributed by atoms with Gasteiger partial charge in [-0.3, -0.25) is 0 Å². The molecule has 98 valence electrons. The lowest BCUT2D eigenvalue weighted by molar-refractivity contribution is 0.181. The predicted octanol–water partition coefficient (Wildman–Crippen LogP) is 2.55. The largest absolute Gasteiger partial charge is 0.497 e. The summed E-state index contributed by atoms with van der Waals surface area (Å²) in [6, 6.07) is 9.27. The molecule has 2 rings (SSSR count). The van der Waals surface area contributed by atoms with Crippen molar-refractivity contribution in [2.75, 3.05) is 14.2 Å². The maximum Gasteiger partial charge on any atom is 0.151 e. The molecule has 1 heterocycles. The summed E-state index contributed by atoms with van der Waals surface area (Å²) in [4.78, 5) is 0. The van der Waals surface area contributed by atoms with E-state index in [1.54, 1.807) is 26.4 Å². The first-order valence-electron chi connectivity index (χ1n) is 5.52. The van der Waals surface area contributed by atoms with Gasteiger partial charge in [-0.05, 0) is 24.3 Å². The Kier molecular flexibility index (Phi) is 4.05. The molecular weight excluding hydrogens is 266 g/mol. The third-order valence-electron chi connectivity index (χ3n) is 2.61. The van der Waals surface area contributed by atoms with Gasteiger partial charge in [0.2, 0.25) is 0 Å². The van der Waals surface area contributed by atoms with Crippen LogP contribution in [0.2, 0.25) is 5.15 Å². The zero-order chi connectivity index (χ0) is 13.8. The molecule has 0 atom stereocenters. The number of hydrogen-bond donors (Lipinski definition) is 0. The van der Waals surface area contributed by atoms with Crippen LogP contribution in [0.25, 0.3) is 5.69 Å². The van der Waals surface area contributed by atoms with E-state index in [1.807, 2.05) is 18.2 Å². The topological polar surface area (TPSA) is 60.1 Å². The van der Waals surface area contributed by atoms with Gasteiger partial charge in [0.1, 0.15) is 23.1 Å². The van der Waals surface area contributed by atoms with Crippen molar-refractivity contribution in [2.24, 2.45) is 0 Å². The van der Waals surface area contributed by atoms with E-state index >= 15 is 0 Å². The highest BCUT2D eigenvalue weighted by Gasteiger charge is 2.17. The Balaban J connectivity index is 2.47. The molecule has 6 heteroatoms. The average molecular weight is 278 g/mol. The number of halogens is 1. The molecule has 0 aliphatic carbocycles. The smallest absolute Gasteiger partial charge is 0.151 e. The quantitative estimate of drug-likeness (QED) is 0.862. The van der Waals surface area contributed by atoms with E-state index in [0.717, 1.165) is 11.4 Å². The van der Waals surface area contributed by atoms with Crippen LogP contribution in [0.15, 0.2) is 24.3 Å². The monoisotopic (exact) mass is 277 g/mol. The maximum atomic E-state index is 9.10. The predicted molar refractivity (Wildman–Crippen MR) is 70.6 cm³/mol. The summed E-state index contributed by atoms with van der Waals surface area (Å²) in [7, 11) is 3.14. The van der Waals surface area contributed by atoms with Crippen LogP contribution in [0.4, 0.5) is 0 Å². The van der Waals surface area contributed by atoms with Crippen molar-refractivity contribution >= 4 is 11.6 Å². The number of rotatable bonds is 4. The fourth-order valence-corrected chi connectivity index (χ4v) is 1.97. The zero-order valence-electron chi connectivity index (χ0n) is 10.6. The van der Waals surface area contributed by atoms with Gasteiger partial charge in [0.15, 0.2) is 5.15 Å². The molecule has 0 aliphatic rings. The molecule has 1 aromatic carbocycles. The van der Waals surface area contributed by atoms with Gasteiger partial charge >= 0.3 is 0 Å². The second-order valence-electron chi connectivity index (χ2n) is 3.77. The number of benzene rings is 1. The van der Waals surface area contributed by atoms with Crippen LogP contribution in [-0.2, 0) is 11.3 Å². The Morgan fingerprint density at radius 2 is 2.00 bits per heavy atom. The molecule has 0 amide bonds. The molecule has 0 saturated heterocycles. The highest BCUT2D eigenvalue weighted by Crippen LogP contribution is 2.24. The minimum atomic E-state index is 0.242. The van der Waals surface area contributed by atoms with Crippen molar-refractivity contribution in [1.82, 2.24) is 9.78 Å². The van der Waals surface area contributed by atoms with E-state index in [9.17, 15) is 0 Å². The van der Waals surface area contributed by atoms with Crippen LogP contribution in [0.3, 0.4) is 0 Å². The van der Waals surface area contributed by atoms with Crippen LogP contribution in [0, 0.1) is 11.3 Å². The number of ether oxygens (including phenoxy) is 2. The lowest BCUT2D eigenvalue weighted by Crippen LogP contribution is -1.98. The summed E-state index contributed by atoms with van der Waals surface area (Å²) in [6.45, 7) is 0.242. The molecule has 0 N–H and O–H groups in total. The summed E-state index contributed by atoms with van der Waals surface area (Å²) in [5.41, 5.74) is 1.61. The van der Waals surface area contributed by atoms with Gasteiger partial charge in [0.25, 0.3) is 0 Å². The summed E-state index contributed by atoms with van der Waals surface area (Å²) in [5.74, 6) is 0.740. The van der Waals surface area contributed by atoms with E-state index < -0.39 is 0 Å². The number of hydrogen-bond acceptors (Lipinski definition) is 4. The Labute approximate surface area is 115 Å². The molecule has 0 aliphatic heterocycles. The van der Waals surface area contributed by atoms with Gasteiger partial charge in [0, 0.05) is 7.11 Å². The van der Waals surface area contributed by atoms with Crippen molar-refractivity contribution in [3.63, 3.8) is 0 Å². The van der Waals surface area contributed by atoms with E-state index in [-0.39, 0.29) is 11.8 Å². The third kappa shape index (κ3) is 2.55. The maximum absolute atomic E-state index is 9.10. The van der Waals surface area contributed by atoms with Gasteiger partial charge in [-0.15, -0.1) is 0 Å². The summed E-state index contributed by atoms with van der Waals surface area (Å²) >= 11 is 6.16. The third-order valence-corrected chi connectivity index (χ3v) is 2.96. The van der Waals surface area contributed by atoms with Gasteiger partial charge in [-0.2, -0.15) is 10.4 Å². The molecule has 1 aromatic heterocycles. The van der Waals surface area contributed by atoms with Crippen LogP contribution in [0.5, 0.6) is 5.75 Å². The van der Waals surface area contributed by atoms with E-state index in [1.165, 1.54) is 4.68 Å². The van der Waals surface area contributed by atoms with E-state index in [4.69, 9.17) is 26.3 Å². The summed E-state index contributed by atoms with van der Waals surface area (Å²) < 4.78 is 11.6. The molecule has 0 bridgehead atoms. The van der Waals surface area contributed by atoms with Crippen LogP contribution >= 0.6 is 11.6 Å². The van der Waals surface area contributed by atoms with Gasteiger partial charge < -0.3 is 9.47 Å². The van der Waals surface area contributed by atoms with Crippen molar-refractivity contribution in [1.29, 1.82) is 5.26 Å². The first kappa shape index (κ1) is 13.4.